The number of rotatable bonds is 7. The number of nitrogens with one attached hydrogen (secondary N) is 2. The average molecular weight is 362 g/mol. The highest BCUT2D eigenvalue weighted by molar-refractivity contribution is 7.92. The van der Waals surface area contributed by atoms with Gasteiger partial charge in [-0.15, -0.1) is 0 Å². The Morgan fingerprint density at radius 2 is 1.64 bits per heavy atom. The Balaban J connectivity index is 2.11. The van der Waals surface area contributed by atoms with Gasteiger partial charge in [0.2, 0.25) is 0 Å². The molecule has 0 atom stereocenters. The van der Waals surface area contributed by atoms with E-state index in [9.17, 15) is 13.2 Å². The minimum Gasteiger partial charge on any atom is -0.494 e. The Labute approximate surface area is 148 Å². The van der Waals surface area contributed by atoms with Crippen LogP contribution in [-0.2, 0) is 10.0 Å². The Morgan fingerprint density at radius 3 is 2.16 bits per heavy atom. The van der Waals surface area contributed by atoms with E-state index in [0.717, 1.165) is 0 Å². The zero-order valence-corrected chi connectivity index (χ0v) is 15.3. The number of hydrogen-bond acceptors (Lipinski definition) is 4. The van der Waals surface area contributed by atoms with Gasteiger partial charge in [-0.2, -0.15) is 0 Å². The second-order valence-electron chi connectivity index (χ2n) is 5.72. The van der Waals surface area contributed by atoms with Crippen molar-refractivity contribution in [1.82, 2.24) is 5.32 Å². The first-order valence-electron chi connectivity index (χ1n) is 7.98. The molecule has 2 aromatic rings. The van der Waals surface area contributed by atoms with Gasteiger partial charge in [-0.1, -0.05) is 0 Å². The molecule has 0 bridgehead atoms. The number of amides is 1. The number of carbonyl (C=O) groups is 1. The topological polar surface area (TPSA) is 84.5 Å². The summed E-state index contributed by atoms with van der Waals surface area (Å²) in [4.78, 5) is 12.0. The van der Waals surface area contributed by atoms with Gasteiger partial charge in [-0.25, -0.2) is 8.42 Å². The summed E-state index contributed by atoms with van der Waals surface area (Å²) in [5, 5.41) is 2.78. The van der Waals surface area contributed by atoms with Crippen LogP contribution < -0.4 is 14.8 Å². The maximum Gasteiger partial charge on any atom is 0.261 e. The highest BCUT2D eigenvalue weighted by Gasteiger charge is 2.15. The zero-order valence-electron chi connectivity index (χ0n) is 14.4. The zero-order chi connectivity index (χ0) is 18.4. The molecule has 0 radical (unpaired) electrons. The van der Waals surface area contributed by atoms with Gasteiger partial charge in [0.25, 0.3) is 15.9 Å². The second kappa shape index (κ2) is 8.02. The number of sulfonamides is 1. The van der Waals surface area contributed by atoms with Crippen LogP contribution in [0.25, 0.3) is 0 Å². The largest absolute Gasteiger partial charge is 0.494 e. The first-order valence-corrected chi connectivity index (χ1v) is 9.46. The normalized spacial score (nSPS) is 11.2. The van der Waals surface area contributed by atoms with Crippen LogP contribution >= 0.6 is 0 Å². The Kier molecular flexibility index (Phi) is 6.03. The molecule has 134 valence electrons. The second-order valence-corrected chi connectivity index (χ2v) is 7.40. The molecule has 1 amide bonds. The molecule has 0 aliphatic heterocycles. The van der Waals surface area contributed by atoms with Gasteiger partial charge in [-0.3, -0.25) is 9.52 Å². The maximum atomic E-state index is 12.4. The predicted octanol–water partition coefficient (Wildman–Crippen LogP) is 3.02. The summed E-state index contributed by atoms with van der Waals surface area (Å²) in [6.07, 6.45) is 0. The lowest BCUT2D eigenvalue weighted by Gasteiger charge is -2.11. The molecule has 0 aliphatic rings. The highest BCUT2D eigenvalue weighted by atomic mass is 32.2. The number of hydrogen-bond donors (Lipinski definition) is 2. The van der Waals surface area contributed by atoms with Gasteiger partial charge >= 0.3 is 0 Å². The molecule has 6 nitrogen and oxygen atoms in total. The lowest BCUT2D eigenvalue weighted by molar-refractivity contribution is 0.0943. The molecular weight excluding hydrogens is 340 g/mol. The summed E-state index contributed by atoms with van der Waals surface area (Å²) in [5.41, 5.74) is 0.854. The quantitative estimate of drug-likeness (QED) is 0.793. The summed E-state index contributed by atoms with van der Waals surface area (Å²) >= 11 is 0. The third kappa shape index (κ3) is 5.22. The van der Waals surface area contributed by atoms with Gasteiger partial charge in [0, 0.05) is 17.3 Å². The minimum absolute atomic E-state index is 0.0327. The van der Waals surface area contributed by atoms with Crippen LogP contribution in [0, 0.1) is 0 Å². The van der Waals surface area contributed by atoms with Crippen LogP contribution in [-0.4, -0.2) is 27.0 Å². The molecule has 2 rings (SSSR count). The molecule has 0 aliphatic carbocycles. The van der Waals surface area contributed by atoms with Crippen LogP contribution in [0.4, 0.5) is 5.69 Å². The molecule has 25 heavy (non-hydrogen) atoms. The summed E-state index contributed by atoms with van der Waals surface area (Å²) in [5.74, 6) is 0.415. The van der Waals surface area contributed by atoms with Gasteiger partial charge in [-0.05, 0) is 69.3 Å². The van der Waals surface area contributed by atoms with E-state index in [2.05, 4.69) is 10.0 Å². The van der Waals surface area contributed by atoms with Crippen molar-refractivity contribution in [3.8, 4) is 5.75 Å². The Morgan fingerprint density at radius 1 is 1.04 bits per heavy atom. The summed E-state index contributed by atoms with van der Waals surface area (Å²) in [6, 6.07) is 12.5. The maximum absolute atomic E-state index is 12.4. The average Bonchev–Trinajstić information content (AvgIpc) is 2.55. The molecule has 0 unspecified atom stereocenters. The molecule has 0 aromatic heterocycles. The van der Waals surface area contributed by atoms with Crippen molar-refractivity contribution < 1.29 is 17.9 Å². The fourth-order valence-electron chi connectivity index (χ4n) is 2.13. The molecular formula is C18H22N2O4S. The first kappa shape index (κ1) is 18.8. The van der Waals surface area contributed by atoms with Crippen molar-refractivity contribution in [2.75, 3.05) is 11.3 Å². The van der Waals surface area contributed by atoms with E-state index in [1.165, 1.54) is 12.1 Å². The van der Waals surface area contributed by atoms with E-state index in [0.29, 0.717) is 23.6 Å². The molecule has 0 spiro atoms. The molecule has 0 fully saturated rings. The fraction of sp³-hybridized carbons (Fsp3) is 0.278. The van der Waals surface area contributed by atoms with E-state index in [1.54, 1.807) is 36.4 Å². The summed E-state index contributed by atoms with van der Waals surface area (Å²) < 4.78 is 32.6. The molecule has 0 saturated heterocycles. The number of ether oxygens (including phenoxy) is 1. The van der Waals surface area contributed by atoms with Crippen molar-refractivity contribution in [1.29, 1.82) is 0 Å². The smallest absolute Gasteiger partial charge is 0.261 e. The van der Waals surface area contributed by atoms with Crippen LogP contribution in [0.1, 0.15) is 31.1 Å². The molecule has 0 heterocycles. The van der Waals surface area contributed by atoms with Gasteiger partial charge in [0.05, 0.1) is 11.5 Å². The SMILES string of the molecule is CCOc1ccc(S(=O)(=O)Nc2ccc(C(=O)NC(C)C)cc2)cc1. The van der Waals surface area contributed by atoms with E-state index in [-0.39, 0.29) is 16.8 Å². The van der Waals surface area contributed by atoms with Crippen molar-refractivity contribution >= 4 is 21.6 Å². The van der Waals surface area contributed by atoms with Crippen molar-refractivity contribution in [2.24, 2.45) is 0 Å². The van der Waals surface area contributed by atoms with Gasteiger partial charge in [0.1, 0.15) is 5.75 Å². The molecule has 2 aromatic carbocycles. The van der Waals surface area contributed by atoms with E-state index in [1.807, 2.05) is 20.8 Å². The number of benzene rings is 2. The van der Waals surface area contributed by atoms with Crippen LogP contribution in [0.2, 0.25) is 0 Å². The lowest BCUT2D eigenvalue weighted by atomic mass is 10.2. The number of carbonyl (C=O) groups excluding carboxylic acids is 1. The van der Waals surface area contributed by atoms with E-state index in [4.69, 9.17) is 4.74 Å². The lowest BCUT2D eigenvalue weighted by Crippen LogP contribution is -2.30. The highest BCUT2D eigenvalue weighted by Crippen LogP contribution is 2.19. The number of anilines is 1. The van der Waals surface area contributed by atoms with Gasteiger partial charge < -0.3 is 10.1 Å². The van der Waals surface area contributed by atoms with Gasteiger partial charge in [0.15, 0.2) is 0 Å². The molecule has 0 saturated carbocycles. The summed E-state index contributed by atoms with van der Waals surface area (Å²) in [7, 11) is -3.70. The predicted molar refractivity (Wildman–Crippen MR) is 97.5 cm³/mol. The fourth-order valence-corrected chi connectivity index (χ4v) is 3.19. The van der Waals surface area contributed by atoms with E-state index < -0.39 is 10.0 Å². The van der Waals surface area contributed by atoms with Crippen LogP contribution in [0.3, 0.4) is 0 Å². The monoisotopic (exact) mass is 362 g/mol. The minimum atomic E-state index is -3.70. The first-order chi connectivity index (χ1) is 11.8. The molecule has 2 N–H and O–H groups in total. The van der Waals surface area contributed by atoms with Crippen molar-refractivity contribution in [3.63, 3.8) is 0 Å². The third-order valence-electron chi connectivity index (χ3n) is 3.26. The summed E-state index contributed by atoms with van der Waals surface area (Å²) in [6.45, 7) is 6.12. The Hall–Kier alpha value is -2.54. The van der Waals surface area contributed by atoms with Crippen molar-refractivity contribution in [3.05, 3.63) is 54.1 Å². The van der Waals surface area contributed by atoms with Crippen LogP contribution in [0.5, 0.6) is 5.75 Å². The van der Waals surface area contributed by atoms with Crippen molar-refractivity contribution in [2.45, 2.75) is 31.7 Å². The van der Waals surface area contributed by atoms with Crippen LogP contribution in [0.15, 0.2) is 53.4 Å². The van der Waals surface area contributed by atoms with E-state index >= 15 is 0 Å². The Bertz CT molecular complexity index is 813. The standard InChI is InChI=1S/C18H22N2O4S/c1-4-24-16-9-11-17(12-10-16)25(22,23)20-15-7-5-14(6-8-15)18(21)19-13(2)3/h5-13,20H,4H2,1-3H3,(H,19,21). The third-order valence-corrected chi connectivity index (χ3v) is 4.66. The molecule has 7 heteroatoms.